The maximum Gasteiger partial charge on any atom is 0.220 e. The van der Waals surface area contributed by atoms with Crippen LogP contribution in [0.2, 0.25) is 0 Å². The summed E-state index contributed by atoms with van der Waals surface area (Å²) in [7, 11) is 0. The van der Waals surface area contributed by atoms with E-state index in [9.17, 15) is 4.79 Å². The van der Waals surface area contributed by atoms with Crippen molar-refractivity contribution < 1.29 is 4.79 Å². The van der Waals surface area contributed by atoms with Crippen LogP contribution >= 0.6 is 0 Å². The highest BCUT2D eigenvalue weighted by Gasteiger charge is 2.25. The fourth-order valence-electron chi connectivity index (χ4n) is 3.09. The van der Waals surface area contributed by atoms with E-state index in [1.54, 1.807) is 0 Å². The molecule has 0 aromatic rings. The van der Waals surface area contributed by atoms with Gasteiger partial charge in [-0.15, -0.1) is 0 Å². The second-order valence-corrected chi connectivity index (χ2v) is 6.21. The van der Waals surface area contributed by atoms with Crippen molar-refractivity contribution in [3.8, 4) is 0 Å². The van der Waals surface area contributed by atoms with Crippen LogP contribution in [-0.2, 0) is 4.79 Å². The van der Waals surface area contributed by atoms with E-state index in [1.165, 1.54) is 19.4 Å². The molecule has 0 bridgehead atoms. The Kier molecular flexibility index (Phi) is 5.01. The first kappa shape index (κ1) is 13.8. The van der Waals surface area contributed by atoms with E-state index < -0.39 is 0 Å². The Morgan fingerprint density at radius 1 is 1.28 bits per heavy atom. The number of hydrogen-bond donors (Lipinski definition) is 2. The third kappa shape index (κ3) is 4.25. The molecule has 1 amide bonds. The summed E-state index contributed by atoms with van der Waals surface area (Å²) >= 11 is 0. The number of rotatable bonds is 6. The molecule has 0 radical (unpaired) electrons. The van der Waals surface area contributed by atoms with Gasteiger partial charge in [-0.05, 0) is 31.7 Å². The van der Waals surface area contributed by atoms with Crippen molar-refractivity contribution in [2.45, 2.75) is 51.6 Å². The molecule has 2 saturated heterocycles. The lowest BCUT2D eigenvalue weighted by Crippen LogP contribution is -2.45. The second-order valence-electron chi connectivity index (χ2n) is 6.21. The molecule has 0 saturated carbocycles. The standard InChI is InChI=1S/C14H27N3O/c1-11(2)8-17(9-12-4-3-7-15-12)10-13-5-6-14(18)16-13/h11-13,15H,3-10H2,1-2H3,(H,16,18). The van der Waals surface area contributed by atoms with Gasteiger partial charge in [0.25, 0.3) is 0 Å². The van der Waals surface area contributed by atoms with Gasteiger partial charge in [0, 0.05) is 38.1 Å². The molecule has 4 nitrogen and oxygen atoms in total. The van der Waals surface area contributed by atoms with Crippen molar-refractivity contribution >= 4 is 5.91 Å². The Morgan fingerprint density at radius 2 is 2.06 bits per heavy atom. The Morgan fingerprint density at radius 3 is 2.61 bits per heavy atom. The molecular weight excluding hydrogens is 226 g/mol. The van der Waals surface area contributed by atoms with Crippen LogP contribution in [0.5, 0.6) is 0 Å². The van der Waals surface area contributed by atoms with Gasteiger partial charge in [-0.25, -0.2) is 0 Å². The number of carbonyl (C=O) groups is 1. The minimum Gasteiger partial charge on any atom is -0.352 e. The monoisotopic (exact) mass is 253 g/mol. The molecule has 0 aliphatic carbocycles. The predicted molar refractivity (Wildman–Crippen MR) is 73.5 cm³/mol. The summed E-state index contributed by atoms with van der Waals surface area (Å²) in [5, 5.41) is 6.65. The van der Waals surface area contributed by atoms with E-state index >= 15 is 0 Å². The fourth-order valence-corrected chi connectivity index (χ4v) is 3.09. The van der Waals surface area contributed by atoms with Crippen molar-refractivity contribution in [1.82, 2.24) is 15.5 Å². The van der Waals surface area contributed by atoms with Gasteiger partial charge in [0.15, 0.2) is 0 Å². The molecular formula is C14H27N3O. The summed E-state index contributed by atoms with van der Waals surface area (Å²) in [6.07, 6.45) is 4.32. The highest BCUT2D eigenvalue weighted by Crippen LogP contribution is 2.13. The Bertz CT molecular complexity index is 274. The summed E-state index contributed by atoms with van der Waals surface area (Å²) in [5.41, 5.74) is 0. The topological polar surface area (TPSA) is 44.4 Å². The minimum atomic E-state index is 0.225. The number of carbonyl (C=O) groups excluding carboxylic acids is 1. The lowest BCUT2D eigenvalue weighted by atomic mass is 10.1. The van der Waals surface area contributed by atoms with Crippen LogP contribution in [0.1, 0.15) is 39.5 Å². The van der Waals surface area contributed by atoms with Crippen molar-refractivity contribution in [1.29, 1.82) is 0 Å². The van der Waals surface area contributed by atoms with Gasteiger partial charge < -0.3 is 10.6 Å². The Hall–Kier alpha value is -0.610. The number of amides is 1. The first-order valence-corrected chi connectivity index (χ1v) is 7.38. The van der Waals surface area contributed by atoms with Crippen LogP contribution in [0, 0.1) is 5.92 Å². The van der Waals surface area contributed by atoms with E-state index in [0.717, 1.165) is 26.1 Å². The zero-order valence-electron chi connectivity index (χ0n) is 11.7. The second kappa shape index (κ2) is 6.53. The number of hydrogen-bond acceptors (Lipinski definition) is 3. The lowest BCUT2D eigenvalue weighted by Gasteiger charge is -2.29. The molecule has 0 aromatic carbocycles. The molecule has 4 heteroatoms. The summed E-state index contributed by atoms with van der Waals surface area (Å²) in [6, 6.07) is 1.03. The molecule has 18 heavy (non-hydrogen) atoms. The summed E-state index contributed by atoms with van der Waals surface area (Å²) in [5.74, 6) is 0.909. The predicted octanol–water partition coefficient (Wildman–Crippen LogP) is 0.975. The molecule has 2 unspecified atom stereocenters. The average Bonchev–Trinajstić information content (AvgIpc) is 2.89. The van der Waals surface area contributed by atoms with Crippen LogP contribution in [-0.4, -0.2) is 49.1 Å². The number of nitrogens with one attached hydrogen (secondary N) is 2. The van der Waals surface area contributed by atoms with Gasteiger partial charge in [-0.2, -0.15) is 0 Å². The van der Waals surface area contributed by atoms with E-state index in [1.807, 2.05) is 0 Å². The molecule has 2 heterocycles. The largest absolute Gasteiger partial charge is 0.352 e. The van der Waals surface area contributed by atoms with Gasteiger partial charge in [0.05, 0.1) is 0 Å². The minimum absolute atomic E-state index is 0.225. The molecule has 2 fully saturated rings. The lowest BCUT2D eigenvalue weighted by molar-refractivity contribution is -0.119. The summed E-state index contributed by atoms with van der Waals surface area (Å²) in [6.45, 7) is 8.97. The molecule has 2 aliphatic heterocycles. The van der Waals surface area contributed by atoms with Gasteiger partial charge in [0.1, 0.15) is 0 Å². The smallest absolute Gasteiger partial charge is 0.220 e. The van der Waals surface area contributed by atoms with Gasteiger partial charge >= 0.3 is 0 Å². The SMILES string of the molecule is CC(C)CN(CC1CCCN1)CC1CCC(=O)N1. The first-order valence-electron chi connectivity index (χ1n) is 7.38. The van der Waals surface area contributed by atoms with Crippen LogP contribution < -0.4 is 10.6 Å². The quantitative estimate of drug-likeness (QED) is 0.741. The molecule has 2 N–H and O–H groups in total. The van der Waals surface area contributed by atoms with Crippen LogP contribution in [0.15, 0.2) is 0 Å². The van der Waals surface area contributed by atoms with E-state index in [0.29, 0.717) is 24.4 Å². The molecule has 0 aromatic heterocycles. The van der Waals surface area contributed by atoms with Crippen LogP contribution in [0.4, 0.5) is 0 Å². The normalized spacial score (nSPS) is 28.3. The number of nitrogens with zero attached hydrogens (tertiary/aromatic N) is 1. The van der Waals surface area contributed by atoms with Gasteiger partial charge in [0.2, 0.25) is 5.91 Å². The summed E-state index contributed by atoms with van der Waals surface area (Å²) in [4.78, 5) is 13.8. The van der Waals surface area contributed by atoms with Crippen LogP contribution in [0.3, 0.4) is 0 Å². The first-order chi connectivity index (χ1) is 8.63. The molecule has 2 rings (SSSR count). The molecule has 104 valence electrons. The molecule has 2 atom stereocenters. The van der Waals surface area contributed by atoms with Crippen molar-refractivity contribution in [2.75, 3.05) is 26.2 Å². The average molecular weight is 253 g/mol. The highest BCUT2D eigenvalue weighted by atomic mass is 16.1. The summed E-state index contributed by atoms with van der Waals surface area (Å²) < 4.78 is 0. The zero-order valence-corrected chi connectivity index (χ0v) is 11.7. The third-order valence-corrected chi connectivity index (χ3v) is 3.83. The molecule has 0 spiro atoms. The van der Waals surface area contributed by atoms with E-state index in [4.69, 9.17) is 0 Å². The highest BCUT2D eigenvalue weighted by molar-refractivity contribution is 5.78. The molecule has 2 aliphatic rings. The van der Waals surface area contributed by atoms with Crippen molar-refractivity contribution in [3.05, 3.63) is 0 Å². The van der Waals surface area contributed by atoms with Gasteiger partial charge in [-0.1, -0.05) is 13.8 Å². The van der Waals surface area contributed by atoms with E-state index in [2.05, 4.69) is 29.4 Å². The third-order valence-electron chi connectivity index (χ3n) is 3.83. The van der Waals surface area contributed by atoms with Gasteiger partial charge in [-0.3, -0.25) is 9.69 Å². The van der Waals surface area contributed by atoms with Crippen molar-refractivity contribution in [2.24, 2.45) is 5.92 Å². The zero-order chi connectivity index (χ0) is 13.0. The Balaban J connectivity index is 1.81. The maximum absolute atomic E-state index is 11.3. The van der Waals surface area contributed by atoms with E-state index in [-0.39, 0.29) is 5.91 Å². The fraction of sp³-hybridized carbons (Fsp3) is 0.929. The maximum atomic E-state index is 11.3. The Labute approximate surface area is 110 Å². The van der Waals surface area contributed by atoms with Crippen LogP contribution in [0.25, 0.3) is 0 Å². The van der Waals surface area contributed by atoms with Crippen molar-refractivity contribution in [3.63, 3.8) is 0 Å².